The first kappa shape index (κ1) is 10.9. The maximum Gasteiger partial charge on any atom is 0.222 e. The van der Waals surface area contributed by atoms with Crippen LogP contribution in [0.15, 0.2) is 6.20 Å². The molecule has 1 aromatic rings. The van der Waals surface area contributed by atoms with E-state index >= 15 is 0 Å². The van der Waals surface area contributed by atoms with Crippen LogP contribution in [-0.2, 0) is 4.79 Å². The number of anilines is 1. The van der Waals surface area contributed by atoms with Crippen LogP contribution in [0.2, 0.25) is 0 Å². The van der Waals surface area contributed by atoms with Crippen molar-refractivity contribution >= 4 is 11.7 Å². The van der Waals surface area contributed by atoms with Gasteiger partial charge in [0.05, 0.1) is 17.3 Å². The molecule has 2 rings (SSSR count). The van der Waals surface area contributed by atoms with E-state index in [9.17, 15) is 4.79 Å². The number of aromatic nitrogens is 2. The van der Waals surface area contributed by atoms with Crippen LogP contribution >= 0.6 is 0 Å². The molecule has 5 nitrogen and oxygen atoms in total. The van der Waals surface area contributed by atoms with Gasteiger partial charge >= 0.3 is 0 Å². The van der Waals surface area contributed by atoms with E-state index < -0.39 is 0 Å². The fourth-order valence-corrected chi connectivity index (χ4v) is 2.01. The van der Waals surface area contributed by atoms with E-state index in [1.807, 2.05) is 13.8 Å². The van der Waals surface area contributed by atoms with Crippen molar-refractivity contribution in [2.75, 3.05) is 18.0 Å². The minimum absolute atomic E-state index is 0.0540. The summed E-state index contributed by atoms with van der Waals surface area (Å²) in [6.07, 6.45) is 2.56. The lowest BCUT2D eigenvalue weighted by Gasteiger charge is -2.18. The minimum atomic E-state index is -0.222. The molecule has 5 heteroatoms. The summed E-state index contributed by atoms with van der Waals surface area (Å²) in [5.41, 5.74) is 7.09. The van der Waals surface area contributed by atoms with Crippen LogP contribution in [0.4, 0.5) is 5.82 Å². The summed E-state index contributed by atoms with van der Waals surface area (Å²) in [5, 5.41) is 0. The minimum Gasteiger partial charge on any atom is -0.369 e. The lowest BCUT2D eigenvalue weighted by molar-refractivity contribution is -0.121. The van der Waals surface area contributed by atoms with Crippen LogP contribution in [0.3, 0.4) is 0 Å². The molecule has 1 aromatic heterocycles. The standard InChI is InChI=1S/C11H16N4O/c1-7-5-13-8(2)11(14-7)15-4-3-9(6-15)10(12)16/h5,9H,3-4,6H2,1-2H3,(H2,12,16). The third-order valence-electron chi connectivity index (χ3n) is 2.94. The fraction of sp³-hybridized carbons (Fsp3) is 0.545. The second-order valence-electron chi connectivity index (χ2n) is 4.25. The first-order valence-corrected chi connectivity index (χ1v) is 5.42. The van der Waals surface area contributed by atoms with E-state index in [0.29, 0.717) is 6.54 Å². The summed E-state index contributed by atoms with van der Waals surface area (Å²) in [6, 6.07) is 0. The third kappa shape index (κ3) is 1.98. The SMILES string of the molecule is Cc1cnc(C)c(N2CCC(C(N)=O)C2)n1. The summed E-state index contributed by atoms with van der Waals surface area (Å²) in [4.78, 5) is 21.9. The van der Waals surface area contributed by atoms with Crippen molar-refractivity contribution in [3.8, 4) is 0 Å². The molecule has 1 unspecified atom stereocenters. The van der Waals surface area contributed by atoms with Crippen LogP contribution in [0.1, 0.15) is 17.8 Å². The number of carbonyl (C=O) groups excluding carboxylic acids is 1. The molecule has 2 N–H and O–H groups in total. The van der Waals surface area contributed by atoms with E-state index in [-0.39, 0.29) is 11.8 Å². The molecular weight excluding hydrogens is 204 g/mol. The largest absolute Gasteiger partial charge is 0.369 e. The Morgan fingerprint density at radius 1 is 1.56 bits per heavy atom. The highest BCUT2D eigenvalue weighted by atomic mass is 16.1. The molecule has 16 heavy (non-hydrogen) atoms. The molecule has 1 aliphatic heterocycles. The number of nitrogens with zero attached hydrogens (tertiary/aromatic N) is 3. The molecule has 1 aliphatic rings. The van der Waals surface area contributed by atoms with Crippen molar-refractivity contribution < 1.29 is 4.79 Å². The number of primary amides is 1. The van der Waals surface area contributed by atoms with Crippen LogP contribution in [0, 0.1) is 19.8 Å². The predicted octanol–water partition coefficient (Wildman–Crippen LogP) is 0.405. The molecule has 0 saturated carbocycles. The number of aryl methyl sites for hydroxylation is 2. The Morgan fingerprint density at radius 2 is 2.31 bits per heavy atom. The fourth-order valence-electron chi connectivity index (χ4n) is 2.01. The third-order valence-corrected chi connectivity index (χ3v) is 2.94. The summed E-state index contributed by atoms with van der Waals surface area (Å²) >= 11 is 0. The Labute approximate surface area is 94.7 Å². The Kier molecular flexibility index (Phi) is 2.77. The Hall–Kier alpha value is -1.65. The zero-order chi connectivity index (χ0) is 11.7. The van der Waals surface area contributed by atoms with Gasteiger partial charge in [-0.1, -0.05) is 0 Å². The van der Waals surface area contributed by atoms with Crippen molar-refractivity contribution in [2.24, 2.45) is 11.7 Å². The molecule has 1 fully saturated rings. The average Bonchev–Trinajstić information content (AvgIpc) is 2.70. The van der Waals surface area contributed by atoms with Crippen molar-refractivity contribution in [3.05, 3.63) is 17.6 Å². The van der Waals surface area contributed by atoms with Gasteiger partial charge in [-0.15, -0.1) is 0 Å². The first-order chi connectivity index (χ1) is 7.58. The van der Waals surface area contributed by atoms with Gasteiger partial charge in [-0.05, 0) is 20.3 Å². The van der Waals surface area contributed by atoms with E-state index in [4.69, 9.17) is 5.73 Å². The molecule has 0 radical (unpaired) electrons. The maximum atomic E-state index is 11.1. The molecular formula is C11H16N4O. The molecule has 1 atom stereocenters. The highest BCUT2D eigenvalue weighted by Gasteiger charge is 2.28. The molecule has 0 aliphatic carbocycles. The molecule has 0 spiro atoms. The van der Waals surface area contributed by atoms with Gasteiger partial charge in [-0.25, -0.2) is 4.98 Å². The quantitative estimate of drug-likeness (QED) is 0.783. The van der Waals surface area contributed by atoms with E-state index in [1.165, 1.54) is 0 Å². The van der Waals surface area contributed by atoms with Gasteiger partial charge in [0.25, 0.3) is 0 Å². The molecule has 86 valence electrons. The number of hydrogen-bond acceptors (Lipinski definition) is 4. The van der Waals surface area contributed by atoms with Crippen LogP contribution < -0.4 is 10.6 Å². The van der Waals surface area contributed by atoms with Crippen molar-refractivity contribution in [1.29, 1.82) is 0 Å². The topological polar surface area (TPSA) is 72.1 Å². The average molecular weight is 220 g/mol. The molecule has 0 aromatic carbocycles. The first-order valence-electron chi connectivity index (χ1n) is 5.42. The second kappa shape index (κ2) is 4.08. The molecule has 0 bridgehead atoms. The lowest BCUT2D eigenvalue weighted by atomic mass is 10.1. The van der Waals surface area contributed by atoms with Gasteiger partial charge in [0.2, 0.25) is 5.91 Å². The van der Waals surface area contributed by atoms with Crippen molar-refractivity contribution in [1.82, 2.24) is 9.97 Å². The summed E-state index contributed by atoms with van der Waals surface area (Å²) in [6.45, 7) is 5.33. The molecule has 1 amide bonds. The van der Waals surface area contributed by atoms with Crippen LogP contribution in [-0.4, -0.2) is 29.0 Å². The summed E-state index contributed by atoms with van der Waals surface area (Å²) < 4.78 is 0. The predicted molar refractivity (Wildman–Crippen MR) is 61.0 cm³/mol. The highest BCUT2D eigenvalue weighted by Crippen LogP contribution is 2.23. The Balaban J connectivity index is 2.20. The van der Waals surface area contributed by atoms with Gasteiger partial charge in [-0.3, -0.25) is 9.78 Å². The zero-order valence-corrected chi connectivity index (χ0v) is 9.60. The van der Waals surface area contributed by atoms with Gasteiger partial charge in [0, 0.05) is 19.3 Å². The number of rotatable bonds is 2. The van der Waals surface area contributed by atoms with Crippen LogP contribution in [0.5, 0.6) is 0 Å². The molecule has 1 saturated heterocycles. The summed E-state index contributed by atoms with van der Waals surface area (Å²) in [7, 11) is 0. The van der Waals surface area contributed by atoms with Gasteiger partial charge in [0.15, 0.2) is 0 Å². The van der Waals surface area contributed by atoms with E-state index in [1.54, 1.807) is 6.20 Å². The van der Waals surface area contributed by atoms with Gasteiger partial charge in [-0.2, -0.15) is 0 Å². The highest BCUT2D eigenvalue weighted by molar-refractivity contribution is 5.78. The van der Waals surface area contributed by atoms with Gasteiger partial charge in [0.1, 0.15) is 5.82 Å². The second-order valence-corrected chi connectivity index (χ2v) is 4.25. The zero-order valence-electron chi connectivity index (χ0n) is 9.60. The number of carbonyl (C=O) groups is 1. The normalized spacial score (nSPS) is 20.1. The lowest BCUT2D eigenvalue weighted by Crippen LogP contribution is -2.28. The number of amides is 1. The Morgan fingerprint density at radius 3 is 2.94 bits per heavy atom. The Bertz CT molecular complexity index is 418. The van der Waals surface area contributed by atoms with Crippen LogP contribution in [0.25, 0.3) is 0 Å². The van der Waals surface area contributed by atoms with Crippen molar-refractivity contribution in [3.63, 3.8) is 0 Å². The summed E-state index contributed by atoms with van der Waals surface area (Å²) in [5.74, 6) is 0.603. The van der Waals surface area contributed by atoms with E-state index in [2.05, 4.69) is 14.9 Å². The number of nitrogens with two attached hydrogens (primary N) is 1. The van der Waals surface area contributed by atoms with E-state index in [0.717, 1.165) is 30.2 Å². The maximum absolute atomic E-state index is 11.1. The van der Waals surface area contributed by atoms with Crippen molar-refractivity contribution in [2.45, 2.75) is 20.3 Å². The molecule has 2 heterocycles. The monoisotopic (exact) mass is 220 g/mol. The van der Waals surface area contributed by atoms with Gasteiger partial charge < -0.3 is 10.6 Å². The smallest absolute Gasteiger partial charge is 0.222 e. The number of hydrogen-bond donors (Lipinski definition) is 1.